The fraction of sp³-hybridized carbons (Fsp3) is 0.227. The lowest BCUT2D eigenvalue weighted by Crippen LogP contribution is -2.19. The van der Waals surface area contributed by atoms with Crippen molar-refractivity contribution in [3.63, 3.8) is 0 Å². The summed E-state index contributed by atoms with van der Waals surface area (Å²) in [5, 5.41) is 22.1. The maximum atomic E-state index is 13.0. The highest BCUT2D eigenvalue weighted by molar-refractivity contribution is 6.09. The van der Waals surface area contributed by atoms with Gasteiger partial charge in [-0.25, -0.2) is 4.79 Å². The molecule has 0 saturated heterocycles. The minimum absolute atomic E-state index is 0.110. The van der Waals surface area contributed by atoms with Crippen molar-refractivity contribution in [1.82, 2.24) is 4.57 Å². The Morgan fingerprint density at radius 2 is 1.93 bits per heavy atom. The summed E-state index contributed by atoms with van der Waals surface area (Å²) in [5.74, 6) is -1.57. The first kappa shape index (κ1) is 19.2. The van der Waals surface area contributed by atoms with Crippen molar-refractivity contribution < 1.29 is 14.7 Å². The molecule has 28 heavy (non-hydrogen) atoms. The number of fused-ring (bicyclic) bond motifs is 1. The van der Waals surface area contributed by atoms with Gasteiger partial charge in [-0.15, -0.1) is 0 Å². The van der Waals surface area contributed by atoms with Crippen LogP contribution in [-0.2, 0) is 6.54 Å². The van der Waals surface area contributed by atoms with Crippen molar-refractivity contribution in [3.05, 3.63) is 65.4 Å². The van der Waals surface area contributed by atoms with Gasteiger partial charge in [-0.1, -0.05) is 38.0 Å². The number of rotatable bonds is 7. The maximum absolute atomic E-state index is 13.0. The molecule has 0 aliphatic heterocycles. The van der Waals surface area contributed by atoms with E-state index in [4.69, 9.17) is 5.26 Å². The first-order valence-electron chi connectivity index (χ1n) is 9.22. The molecule has 0 radical (unpaired) electrons. The van der Waals surface area contributed by atoms with Gasteiger partial charge < -0.3 is 15.0 Å². The molecular weight excluding hydrogens is 354 g/mol. The van der Waals surface area contributed by atoms with Crippen LogP contribution in [0.15, 0.2) is 48.5 Å². The van der Waals surface area contributed by atoms with Crippen LogP contribution in [0.25, 0.3) is 10.9 Å². The number of nitriles is 1. The molecular formula is C22H21N3O3. The average Bonchev–Trinajstić information content (AvgIpc) is 3.07. The summed E-state index contributed by atoms with van der Waals surface area (Å²) in [6.45, 7) is 2.84. The van der Waals surface area contributed by atoms with E-state index in [1.165, 1.54) is 18.2 Å². The van der Waals surface area contributed by atoms with Crippen LogP contribution in [0.3, 0.4) is 0 Å². The normalized spacial score (nSPS) is 10.6. The highest BCUT2D eigenvalue weighted by atomic mass is 16.4. The minimum Gasteiger partial charge on any atom is -0.478 e. The van der Waals surface area contributed by atoms with Gasteiger partial charge >= 0.3 is 5.97 Å². The topological polar surface area (TPSA) is 95.1 Å². The summed E-state index contributed by atoms with van der Waals surface area (Å²) in [5.41, 5.74) is 1.74. The van der Waals surface area contributed by atoms with Gasteiger partial charge in [-0.2, -0.15) is 5.26 Å². The number of para-hydroxylation sites is 1. The van der Waals surface area contributed by atoms with Crippen molar-refractivity contribution in [2.75, 3.05) is 5.32 Å². The molecule has 1 aromatic heterocycles. The van der Waals surface area contributed by atoms with Crippen LogP contribution < -0.4 is 5.32 Å². The summed E-state index contributed by atoms with van der Waals surface area (Å²) >= 11 is 0. The number of aryl methyl sites for hydroxylation is 1. The number of amides is 1. The monoisotopic (exact) mass is 375 g/mol. The number of carboxylic acids is 1. The fourth-order valence-corrected chi connectivity index (χ4v) is 3.25. The summed E-state index contributed by atoms with van der Waals surface area (Å²) < 4.78 is 1.98. The number of carboxylic acid groups (broad SMARTS) is 1. The third-order valence-electron chi connectivity index (χ3n) is 4.66. The number of nitrogens with one attached hydrogen (secondary N) is 1. The van der Waals surface area contributed by atoms with Crippen LogP contribution in [0.4, 0.5) is 5.69 Å². The Morgan fingerprint density at radius 1 is 1.14 bits per heavy atom. The van der Waals surface area contributed by atoms with Crippen LogP contribution in [0.5, 0.6) is 0 Å². The second kappa shape index (κ2) is 8.40. The van der Waals surface area contributed by atoms with Crippen LogP contribution in [0, 0.1) is 11.3 Å². The highest BCUT2D eigenvalue weighted by Crippen LogP contribution is 2.23. The lowest BCUT2D eigenvalue weighted by atomic mass is 10.1. The zero-order valence-corrected chi connectivity index (χ0v) is 15.6. The second-order valence-corrected chi connectivity index (χ2v) is 6.58. The van der Waals surface area contributed by atoms with Gasteiger partial charge in [0.2, 0.25) is 0 Å². The molecule has 142 valence electrons. The number of carbonyl (C=O) groups is 2. The van der Waals surface area contributed by atoms with Gasteiger partial charge in [0, 0.05) is 17.4 Å². The number of hydrogen-bond acceptors (Lipinski definition) is 3. The van der Waals surface area contributed by atoms with E-state index in [9.17, 15) is 14.7 Å². The van der Waals surface area contributed by atoms with Gasteiger partial charge in [0.25, 0.3) is 5.91 Å². The number of aromatic nitrogens is 1. The molecule has 0 spiro atoms. The smallest absolute Gasteiger partial charge is 0.337 e. The van der Waals surface area contributed by atoms with Crippen LogP contribution in [-0.4, -0.2) is 21.6 Å². The van der Waals surface area contributed by atoms with Crippen molar-refractivity contribution >= 4 is 28.5 Å². The number of benzene rings is 2. The van der Waals surface area contributed by atoms with E-state index >= 15 is 0 Å². The van der Waals surface area contributed by atoms with E-state index < -0.39 is 5.97 Å². The zero-order chi connectivity index (χ0) is 20.1. The van der Waals surface area contributed by atoms with E-state index in [2.05, 4.69) is 12.2 Å². The molecule has 0 unspecified atom stereocenters. The Labute approximate surface area is 163 Å². The highest BCUT2D eigenvalue weighted by Gasteiger charge is 2.18. The van der Waals surface area contributed by atoms with Crippen LogP contribution in [0.1, 0.15) is 52.6 Å². The third kappa shape index (κ3) is 3.89. The Kier molecular flexibility index (Phi) is 5.75. The molecule has 0 aliphatic rings. The molecule has 6 nitrogen and oxygen atoms in total. The molecule has 6 heteroatoms. The number of anilines is 1. The van der Waals surface area contributed by atoms with Crippen LogP contribution in [0.2, 0.25) is 0 Å². The number of nitrogens with zero attached hydrogens (tertiary/aromatic N) is 2. The predicted octanol–water partition coefficient (Wildman–Crippen LogP) is 4.65. The van der Waals surface area contributed by atoms with E-state index in [1.807, 2.05) is 41.0 Å². The molecule has 0 bridgehead atoms. The first-order chi connectivity index (χ1) is 13.5. The molecule has 2 aromatic carbocycles. The summed E-state index contributed by atoms with van der Waals surface area (Å²) in [7, 11) is 0. The molecule has 2 N–H and O–H groups in total. The molecule has 3 aromatic rings. The number of unbranched alkanes of at least 4 members (excludes halogenated alkanes) is 2. The molecule has 0 saturated carbocycles. The molecule has 0 aliphatic carbocycles. The molecule has 0 fully saturated rings. The van der Waals surface area contributed by atoms with E-state index in [-0.39, 0.29) is 22.7 Å². The SMILES string of the molecule is CCCCCn1c(C(=O)Nc2ccc(C#N)cc2C(=O)O)cc2ccccc21. The molecule has 0 atom stereocenters. The second-order valence-electron chi connectivity index (χ2n) is 6.58. The summed E-state index contributed by atoms with van der Waals surface area (Å²) in [6, 6.07) is 15.7. The largest absolute Gasteiger partial charge is 0.478 e. The predicted molar refractivity (Wildman–Crippen MR) is 108 cm³/mol. The van der Waals surface area contributed by atoms with Gasteiger partial charge in [0.1, 0.15) is 5.69 Å². The van der Waals surface area contributed by atoms with Gasteiger partial charge in [0.05, 0.1) is 22.9 Å². The Balaban J connectivity index is 1.97. The number of hydrogen-bond donors (Lipinski definition) is 2. The average molecular weight is 375 g/mol. The van der Waals surface area contributed by atoms with Crippen molar-refractivity contribution in [3.8, 4) is 6.07 Å². The first-order valence-corrected chi connectivity index (χ1v) is 9.22. The quantitative estimate of drug-likeness (QED) is 0.587. The lowest BCUT2D eigenvalue weighted by molar-refractivity contribution is 0.0698. The van der Waals surface area contributed by atoms with E-state index in [0.717, 1.165) is 30.2 Å². The number of carbonyl (C=O) groups excluding carboxylic acids is 1. The zero-order valence-electron chi connectivity index (χ0n) is 15.6. The summed E-state index contributed by atoms with van der Waals surface area (Å²) in [4.78, 5) is 24.5. The molecule has 1 heterocycles. The van der Waals surface area contributed by atoms with Gasteiger partial charge in [0.15, 0.2) is 0 Å². The Bertz CT molecular complexity index is 1080. The van der Waals surface area contributed by atoms with Gasteiger partial charge in [-0.05, 0) is 36.8 Å². The molecule has 3 rings (SSSR count). The van der Waals surface area contributed by atoms with E-state index in [1.54, 1.807) is 0 Å². The standard InChI is InChI=1S/C22H21N3O3/c1-2-3-6-11-25-19-8-5-4-7-16(19)13-20(25)21(26)24-18-10-9-15(14-23)12-17(18)22(27)28/h4-5,7-10,12-13H,2-3,6,11H2,1H3,(H,24,26)(H,27,28). The summed E-state index contributed by atoms with van der Waals surface area (Å²) in [6.07, 6.45) is 3.09. The molecule has 1 amide bonds. The third-order valence-corrected chi connectivity index (χ3v) is 4.66. The Hall–Kier alpha value is -3.59. The van der Waals surface area contributed by atoms with Crippen LogP contribution >= 0.6 is 0 Å². The van der Waals surface area contributed by atoms with Crippen molar-refractivity contribution in [2.24, 2.45) is 0 Å². The maximum Gasteiger partial charge on any atom is 0.337 e. The minimum atomic E-state index is -1.20. The number of aromatic carboxylic acids is 1. The Morgan fingerprint density at radius 3 is 2.64 bits per heavy atom. The fourth-order valence-electron chi connectivity index (χ4n) is 3.25. The lowest BCUT2D eigenvalue weighted by Gasteiger charge is -2.12. The van der Waals surface area contributed by atoms with Crippen molar-refractivity contribution in [1.29, 1.82) is 5.26 Å². The van der Waals surface area contributed by atoms with E-state index in [0.29, 0.717) is 12.2 Å². The van der Waals surface area contributed by atoms with Crippen molar-refractivity contribution in [2.45, 2.75) is 32.7 Å². The van der Waals surface area contributed by atoms with Gasteiger partial charge in [-0.3, -0.25) is 4.79 Å².